The summed E-state index contributed by atoms with van der Waals surface area (Å²) in [6.45, 7) is 0. The van der Waals surface area contributed by atoms with E-state index in [-0.39, 0.29) is 17.7 Å². The molecule has 3 heterocycles. The van der Waals surface area contributed by atoms with Gasteiger partial charge in [-0.3, -0.25) is 0 Å². The zero-order valence-corrected chi connectivity index (χ0v) is 15.8. The molecule has 147 valence electrons. The fourth-order valence-electron chi connectivity index (χ4n) is 3.88. The maximum absolute atomic E-state index is 14.2. The summed E-state index contributed by atoms with van der Waals surface area (Å²) >= 11 is 0. The van der Waals surface area contributed by atoms with E-state index in [0.29, 0.717) is 29.3 Å². The summed E-state index contributed by atoms with van der Waals surface area (Å²) in [5.74, 6) is 1.24. The Bertz CT molecular complexity index is 1130. The lowest BCUT2D eigenvalue weighted by Gasteiger charge is -2.43. The first-order chi connectivity index (χ1) is 14.1. The Morgan fingerprint density at radius 1 is 1.17 bits per heavy atom. The summed E-state index contributed by atoms with van der Waals surface area (Å²) in [6.07, 6.45) is 7.75. The van der Waals surface area contributed by atoms with Crippen LogP contribution in [0.25, 0.3) is 5.52 Å². The van der Waals surface area contributed by atoms with Crippen LogP contribution in [0.2, 0.25) is 0 Å². The van der Waals surface area contributed by atoms with Gasteiger partial charge in [0.1, 0.15) is 29.3 Å². The van der Waals surface area contributed by atoms with Gasteiger partial charge in [0, 0.05) is 24.7 Å². The highest BCUT2D eigenvalue weighted by Crippen LogP contribution is 2.30. The lowest BCUT2D eigenvalue weighted by atomic mass is 9.90. The minimum atomic E-state index is -0.476. The van der Waals surface area contributed by atoms with E-state index in [1.165, 1.54) is 6.07 Å². The average Bonchev–Trinajstić information content (AvgIpc) is 3.03. The van der Waals surface area contributed by atoms with Crippen molar-refractivity contribution in [1.82, 2.24) is 19.5 Å². The van der Waals surface area contributed by atoms with Gasteiger partial charge in [0.05, 0.1) is 5.52 Å². The van der Waals surface area contributed by atoms with Crippen LogP contribution in [0.1, 0.15) is 36.3 Å². The molecule has 1 fully saturated rings. The summed E-state index contributed by atoms with van der Waals surface area (Å²) < 4.78 is 16.0. The molecule has 0 spiro atoms. The van der Waals surface area contributed by atoms with Gasteiger partial charge in [-0.25, -0.2) is 18.9 Å². The number of nitrogens with zero attached hydrogens (tertiary/aromatic N) is 5. The van der Waals surface area contributed by atoms with Gasteiger partial charge in [-0.2, -0.15) is 5.10 Å². The lowest BCUT2D eigenvalue weighted by Crippen LogP contribution is -2.55. The Morgan fingerprint density at radius 2 is 2.00 bits per heavy atom. The lowest BCUT2D eigenvalue weighted by molar-refractivity contribution is 0.177. The number of aliphatic imine (C=N–C) groups is 1. The summed E-state index contributed by atoms with van der Waals surface area (Å²) in [6, 6.07) is 10.7. The van der Waals surface area contributed by atoms with Gasteiger partial charge >= 0.3 is 0 Å². The number of hydrogen-bond acceptors (Lipinski definition) is 6. The van der Waals surface area contributed by atoms with Crippen molar-refractivity contribution in [3.8, 4) is 0 Å². The molecule has 0 saturated heterocycles. The molecule has 2 aliphatic rings. The Hall–Kier alpha value is -3.26. The van der Waals surface area contributed by atoms with Crippen LogP contribution in [-0.2, 0) is 6.42 Å². The smallest absolute Gasteiger partial charge is 0.161 e. The quantitative estimate of drug-likeness (QED) is 0.710. The molecule has 0 bridgehead atoms. The van der Waals surface area contributed by atoms with Crippen molar-refractivity contribution >= 4 is 11.4 Å². The van der Waals surface area contributed by atoms with E-state index in [1.54, 1.807) is 22.8 Å². The minimum Gasteiger partial charge on any atom is -0.383 e. The third kappa shape index (κ3) is 3.05. The number of hydrogen-bond donors (Lipinski definition) is 2. The van der Waals surface area contributed by atoms with E-state index >= 15 is 0 Å². The summed E-state index contributed by atoms with van der Waals surface area (Å²) in [7, 11) is 0. The number of benzene rings is 1. The number of nitrogens with two attached hydrogens (primary N) is 2. The number of amidine groups is 1. The summed E-state index contributed by atoms with van der Waals surface area (Å²) in [4.78, 5) is 11.4. The average molecular weight is 390 g/mol. The molecule has 1 radical (unpaired) electrons. The highest BCUT2D eigenvalue weighted by Gasteiger charge is 2.35. The highest BCUT2D eigenvalue weighted by atomic mass is 19.1. The number of aromatic nitrogens is 3. The van der Waals surface area contributed by atoms with Crippen molar-refractivity contribution in [2.45, 2.75) is 37.9 Å². The zero-order chi connectivity index (χ0) is 20.0. The van der Waals surface area contributed by atoms with Gasteiger partial charge in [0.2, 0.25) is 0 Å². The Morgan fingerprint density at radius 3 is 2.76 bits per heavy atom. The van der Waals surface area contributed by atoms with Crippen LogP contribution < -0.4 is 11.5 Å². The van der Waals surface area contributed by atoms with Crippen molar-refractivity contribution in [2.24, 2.45) is 16.5 Å². The van der Waals surface area contributed by atoms with Crippen LogP contribution >= 0.6 is 0 Å². The summed E-state index contributed by atoms with van der Waals surface area (Å²) in [5.41, 5.74) is 14.3. The van der Waals surface area contributed by atoms with Crippen LogP contribution in [-0.4, -0.2) is 37.5 Å². The van der Waals surface area contributed by atoms with Gasteiger partial charge in [0.25, 0.3) is 0 Å². The van der Waals surface area contributed by atoms with Crippen LogP contribution in [0.3, 0.4) is 0 Å². The van der Waals surface area contributed by atoms with Crippen LogP contribution in [0.5, 0.6) is 0 Å². The molecule has 1 aliphatic carbocycles. The monoisotopic (exact) mass is 390 g/mol. The molecule has 0 amide bonds. The van der Waals surface area contributed by atoms with Crippen LogP contribution in [0.4, 0.5) is 4.39 Å². The SMILES string of the molecule is NC1=[C]C(N)N(C2CCC2)C(c2nc(Cc3ccccc3F)n3ncccc23)=N1. The van der Waals surface area contributed by atoms with E-state index in [9.17, 15) is 4.39 Å². The molecule has 1 saturated carbocycles. The number of fused-ring (bicyclic) bond motifs is 1. The van der Waals surface area contributed by atoms with Gasteiger partial charge in [-0.1, -0.05) is 18.2 Å². The topological polar surface area (TPSA) is 97.8 Å². The first-order valence-corrected chi connectivity index (χ1v) is 9.70. The van der Waals surface area contributed by atoms with Gasteiger partial charge < -0.3 is 16.4 Å². The van der Waals surface area contributed by atoms with Gasteiger partial charge in [-0.15, -0.1) is 0 Å². The molecule has 1 atom stereocenters. The van der Waals surface area contributed by atoms with Crippen molar-refractivity contribution in [2.75, 3.05) is 0 Å². The second-order valence-corrected chi connectivity index (χ2v) is 7.37. The van der Waals surface area contributed by atoms with E-state index < -0.39 is 6.17 Å². The molecular formula is C21H21FN7. The van der Waals surface area contributed by atoms with E-state index in [4.69, 9.17) is 16.5 Å². The molecule has 1 aromatic carbocycles. The highest BCUT2D eigenvalue weighted by molar-refractivity contribution is 6.04. The molecular weight excluding hydrogens is 369 g/mol. The second-order valence-electron chi connectivity index (χ2n) is 7.37. The van der Waals surface area contributed by atoms with Crippen molar-refractivity contribution in [1.29, 1.82) is 0 Å². The first kappa shape index (κ1) is 17.8. The number of halogens is 1. The van der Waals surface area contributed by atoms with Crippen molar-refractivity contribution in [3.63, 3.8) is 0 Å². The largest absolute Gasteiger partial charge is 0.383 e. The normalized spacial score (nSPS) is 19.8. The molecule has 3 aromatic rings. The third-order valence-electron chi connectivity index (χ3n) is 5.53. The Balaban J connectivity index is 1.63. The maximum Gasteiger partial charge on any atom is 0.161 e. The van der Waals surface area contributed by atoms with E-state index in [1.807, 2.05) is 23.1 Å². The number of rotatable bonds is 4. The number of imidazole rings is 1. The second kappa shape index (κ2) is 6.97. The van der Waals surface area contributed by atoms with Crippen molar-refractivity contribution < 1.29 is 4.39 Å². The molecule has 5 rings (SSSR count). The van der Waals surface area contributed by atoms with Crippen LogP contribution in [0, 0.1) is 11.9 Å². The molecule has 1 unspecified atom stereocenters. The van der Waals surface area contributed by atoms with Crippen molar-refractivity contribution in [3.05, 3.63) is 77.4 Å². The van der Waals surface area contributed by atoms with Crippen LogP contribution in [0.15, 0.2) is 53.4 Å². The first-order valence-electron chi connectivity index (χ1n) is 9.70. The fraction of sp³-hybridized carbons (Fsp3) is 0.286. The Kier molecular flexibility index (Phi) is 4.28. The molecule has 1 aliphatic heterocycles. The Labute approximate surface area is 167 Å². The standard InChI is InChI=1S/C21H21FN7/c22-15-8-2-1-5-13(15)11-19-27-20(16-9-4-10-25-29(16)19)21-26-17(23)12-18(24)28(21)14-6-3-7-14/h1-2,4-5,8-10,14,18H,3,6-7,11,23-24H2. The predicted molar refractivity (Wildman–Crippen MR) is 107 cm³/mol. The molecule has 2 aromatic heterocycles. The zero-order valence-electron chi connectivity index (χ0n) is 15.8. The third-order valence-corrected chi connectivity index (χ3v) is 5.53. The minimum absolute atomic E-state index is 0.253. The summed E-state index contributed by atoms with van der Waals surface area (Å²) in [5, 5.41) is 4.44. The van der Waals surface area contributed by atoms with E-state index in [0.717, 1.165) is 24.8 Å². The maximum atomic E-state index is 14.2. The van der Waals surface area contributed by atoms with Gasteiger partial charge in [0.15, 0.2) is 5.84 Å². The van der Waals surface area contributed by atoms with Gasteiger partial charge in [-0.05, 0) is 43.0 Å². The van der Waals surface area contributed by atoms with E-state index in [2.05, 4.69) is 16.2 Å². The molecule has 7 nitrogen and oxygen atoms in total. The predicted octanol–water partition coefficient (Wildman–Crippen LogP) is 1.96. The molecule has 29 heavy (non-hydrogen) atoms. The fourth-order valence-corrected chi connectivity index (χ4v) is 3.88. The molecule has 8 heteroatoms. The molecule has 4 N–H and O–H groups in total.